The predicted molar refractivity (Wildman–Crippen MR) is 65.6 cm³/mol. The topological polar surface area (TPSA) is 117 Å². The third-order valence-electron chi connectivity index (χ3n) is 2.52. The van der Waals surface area contributed by atoms with Gasteiger partial charge in [-0.2, -0.15) is 4.98 Å². The monoisotopic (exact) mass is 265 g/mol. The third kappa shape index (κ3) is 3.09. The largest absolute Gasteiger partial charge is 0.339 e. The van der Waals surface area contributed by atoms with E-state index < -0.39 is 17.6 Å². The van der Waals surface area contributed by atoms with Crippen LogP contribution in [-0.4, -0.2) is 26.0 Å². The number of nitrogens with one attached hydrogen (secondary N) is 3. The van der Waals surface area contributed by atoms with Crippen molar-refractivity contribution >= 4 is 5.91 Å². The van der Waals surface area contributed by atoms with Crippen LogP contribution >= 0.6 is 0 Å². The fraction of sp³-hybridized carbons (Fsp3) is 0.455. The second-order valence-electron chi connectivity index (χ2n) is 4.15. The molecule has 0 spiro atoms. The number of nitrogens with zero attached hydrogens (tertiary/aromatic N) is 2. The van der Waals surface area contributed by atoms with Crippen LogP contribution in [0.1, 0.15) is 48.5 Å². The first-order valence-corrected chi connectivity index (χ1v) is 6.01. The highest BCUT2D eigenvalue weighted by atomic mass is 16.5. The molecular formula is C11H15N5O3. The Morgan fingerprint density at radius 3 is 3.00 bits per heavy atom. The third-order valence-corrected chi connectivity index (χ3v) is 2.52. The lowest BCUT2D eigenvalue weighted by atomic mass is 10.3. The fourth-order valence-electron chi connectivity index (χ4n) is 1.56. The number of aromatic nitrogens is 4. The lowest BCUT2D eigenvalue weighted by Crippen LogP contribution is -2.27. The zero-order valence-electron chi connectivity index (χ0n) is 10.7. The van der Waals surface area contributed by atoms with Gasteiger partial charge < -0.3 is 19.8 Å². The summed E-state index contributed by atoms with van der Waals surface area (Å²) in [5, 5.41) is 6.47. The van der Waals surface area contributed by atoms with E-state index in [9.17, 15) is 9.59 Å². The summed E-state index contributed by atoms with van der Waals surface area (Å²) in [5.74, 6) is 0.546. The van der Waals surface area contributed by atoms with Crippen LogP contribution in [0.3, 0.4) is 0 Å². The summed E-state index contributed by atoms with van der Waals surface area (Å²) in [5.41, 5.74) is -0.272. The van der Waals surface area contributed by atoms with Gasteiger partial charge >= 0.3 is 5.69 Å². The van der Waals surface area contributed by atoms with Gasteiger partial charge in [-0.05, 0) is 13.3 Å². The fourth-order valence-corrected chi connectivity index (χ4v) is 1.56. The van der Waals surface area contributed by atoms with Crippen molar-refractivity contribution in [3.8, 4) is 0 Å². The first kappa shape index (κ1) is 13.1. The Morgan fingerprint density at radius 1 is 1.58 bits per heavy atom. The van der Waals surface area contributed by atoms with Gasteiger partial charge in [-0.1, -0.05) is 12.1 Å². The molecule has 2 heterocycles. The molecule has 2 rings (SSSR count). The first-order chi connectivity index (χ1) is 9.10. The van der Waals surface area contributed by atoms with E-state index in [0.29, 0.717) is 11.7 Å². The van der Waals surface area contributed by atoms with Crippen molar-refractivity contribution in [3.05, 3.63) is 34.1 Å². The van der Waals surface area contributed by atoms with E-state index in [2.05, 4.69) is 25.4 Å². The lowest BCUT2D eigenvalue weighted by molar-refractivity contribution is 0.0928. The van der Waals surface area contributed by atoms with E-state index in [0.717, 1.165) is 12.8 Å². The number of rotatable bonds is 5. The summed E-state index contributed by atoms with van der Waals surface area (Å²) in [4.78, 5) is 31.6. The van der Waals surface area contributed by atoms with Gasteiger partial charge in [0.15, 0.2) is 5.82 Å². The average molecular weight is 265 g/mol. The van der Waals surface area contributed by atoms with Crippen LogP contribution in [0.15, 0.2) is 15.5 Å². The molecule has 0 radical (unpaired) electrons. The van der Waals surface area contributed by atoms with Crippen molar-refractivity contribution in [1.29, 1.82) is 0 Å². The zero-order valence-corrected chi connectivity index (χ0v) is 10.7. The Morgan fingerprint density at radius 2 is 2.37 bits per heavy atom. The highest BCUT2D eigenvalue weighted by Gasteiger charge is 2.18. The summed E-state index contributed by atoms with van der Waals surface area (Å²) in [6, 6.07) is -0.427. The molecule has 0 bridgehead atoms. The molecule has 0 aliphatic heterocycles. The molecule has 8 heteroatoms. The molecule has 0 aliphatic rings. The van der Waals surface area contributed by atoms with Crippen LogP contribution in [0.4, 0.5) is 0 Å². The molecule has 3 N–H and O–H groups in total. The van der Waals surface area contributed by atoms with Crippen molar-refractivity contribution in [1.82, 2.24) is 25.4 Å². The number of hydrogen-bond donors (Lipinski definition) is 3. The number of carbonyl (C=O) groups is 1. The SMILES string of the molecule is CCCc1noc(C(C)NC(=O)c2c[nH]c(=O)[nH]2)n1. The van der Waals surface area contributed by atoms with E-state index in [4.69, 9.17) is 4.52 Å². The van der Waals surface area contributed by atoms with Gasteiger partial charge in [-0.25, -0.2) is 4.79 Å². The first-order valence-electron chi connectivity index (χ1n) is 6.01. The van der Waals surface area contributed by atoms with E-state index in [1.54, 1.807) is 6.92 Å². The van der Waals surface area contributed by atoms with Crippen molar-refractivity contribution < 1.29 is 9.32 Å². The van der Waals surface area contributed by atoms with Crippen LogP contribution in [0.25, 0.3) is 0 Å². The second-order valence-corrected chi connectivity index (χ2v) is 4.15. The van der Waals surface area contributed by atoms with Crippen molar-refractivity contribution in [2.24, 2.45) is 0 Å². The normalized spacial score (nSPS) is 12.3. The van der Waals surface area contributed by atoms with Gasteiger partial charge in [-0.3, -0.25) is 4.79 Å². The number of amides is 1. The maximum atomic E-state index is 11.8. The molecular weight excluding hydrogens is 250 g/mol. The average Bonchev–Trinajstić information content (AvgIpc) is 2.98. The number of aromatic amines is 2. The maximum Gasteiger partial charge on any atom is 0.323 e. The van der Waals surface area contributed by atoms with E-state index >= 15 is 0 Å². The quantitative estimate of drug-likeness (QED) is 0.729. The Hall–Kier alpha value is -2.38. The van der Waals surface area contributed by atoms with Crippen LogP contribution in [0.5, 0.6) is 0 Å². The molecule has 0 saturated heterocycles. The predicted octanol–water partition coefficient (Wildman–Crippen LogP) is 0.530. The molecule has 8 nitrogen and oxygen atoms in total. The molecule has 2 aromatic rings. The van der Waals surface area contributed by atoms with Crippen LogP contribution in [0, 0.1) is 0 Å². The van der Waals surface area contributed by atoms with Crippen LogP contribution in [-0.2, 0) is 6.42 Å². The van der Waals surface area contributed by atoms with Gasteiger partial charge in [-0.15, -0.1) is 0 Å². The van der Waals surface area contributed by atoms with Gasteiger partial charge in [0.05, 0.1) is 0 Å². The Balaban J connectivity index is 2.01. The minimum absolute atomic E-state index is 0.158. The Bertz CT molecular complexity index is 612. The minimum Gasteiger partial charge on any atom is -0.339 e. The van der Waals surface area contributed by atoms with E-state index in [1.807, 2.05) is 6.92 Å². The number of hydrogen-bond acceptors (Lipinski definition) is 5. The number of H-pyrrole nitrogens is 2. The lowest BCUT2D eigenvalue weighted by Gasteiger charge is -2.07. The van der Waals surface area contributed by atoms with E-state index in [1.165, 1.54) is 6.20 Å². The van der Waals surface area contributed by atoms with Gasteiger partial charge in [0, 0.05) is 12.6 Å². The number of imidazole rings is 1. The van der Waals surface area contributed by atoms with E-state index in [-0.39, 0.29) is 5.69 Å². The van der Waals surface area contributed by atoms with Crippen LogP contribution < -0.4 is 11.0 Å². The molecule has 0 fully saturated rings. The standard InChI is InChI=1S/C11H15N5O3/c1-3-4-8-15-10(19-16-8)6(2)13-9(17)7-5-12-11(18)14-7/h5-6H,3-4H2,1-2H3,(H,13,17)(H2,12,14,18). The summed E-state index contributed by atoms with van der Waals surface area (Å²) >= 11 is 0. The molecule has 1 atom stereocenters. The highest BCUT2D eigenvalue weighted by molar-refractivity contribution is 5.92. The molecule has 0 aromatic carbocycles. The van der Waals surface area contributed by atoms with Crippen molar-refractivity contribution in [2.45, 2.75) is 32.7 Å². The molecule has 0 saturated carbocycles. The maximum absolute atomic E-state index is 11.8. The van der Waals surface area contributed by atoms with Gasteiger partial charge in [0.25, 0.3) is 5.91 Å². The Labute approximate surface area is 108 Å². The number of aryl methyl sites for hydroxylation is 1. The smallest absolute Gasteiger partial charge is 0.323 e. The Kier molecular flexibility index (Phi) is 3.79. The van der Waals surface area contributed by atoms with Crippen LogP contribution in [0.2, 0.25) is 0 Å². The van der Waals surface area contributed by atoms with Gasteiger partial charge in [0.2, 0.25) is 5.89 Å². The molecule has 102 valence electrons. The molecule has 1 amide bonds. The zero-order chi connectivity index (χ0) is 13.8. The summed E-state index contributed by atoms with van der Waals surface area (Å²) in [6.07, 6.45) is 2.96. The molecule has 19 heavy (non-hydrogen) atoms. The van der Waals surface area contributed by atoms with Gasteiger partial charge in [0.1, 0.15) is 11.7 Å². The number of carbonyl (C=O) groups excluding carboxylic acids is 1. The summed E-state index contributed by atoms with van der Waals surface area (Å²) < 4.78 is 5.07. The summed E-state index contributed by atoms with van der Waals surface area (Å²) in [7, 11) is 0. The molecule has 0 aliphatic carbocycles. The summed E-state index contributed by atoms with van der Waals surface area (Å²) in [6.45, 7) is 3.75. The van der Waals surface area contributed by atoms with Crippen molar-refractivity contribution in [2.75, 3.05) is 0 Å². The molecule has 1 unspecified atom stereocenters. The highest BCUT2D eigenvalue weighted by Crippen LogP contribution is 2.10. The van der Waals surface area contributed by atoms with Crippen molar-refractivity contribution in [3.63, 3.8) is 0 Å². The minimum atomic E-state index is -0.430. The molecule has 2 aromatic heterocycles. The second kappa shape index (κ2) is 5.51.